The second-order valence-corrected chi connectivity index (χ2v) is 5.38. The molecule has 0 aromatic heterocycles. The molecular weight excluding hydrogens is 250 g/mol. The first-order valence-electron chi connectivity index (χ1n) is 7.04. The van der Waals surface area contributed by atoms with Crippen LogP contribution in [0.4, 0.5) is 5.69 Å². The maximum Gasteiger partial charge on any atom is 0.239 e. The summed E-state index contributed by atoms with van der Waals surface area (Å²) >= 11 is 0. The van der Waals surface area contributed by atoms with E-state index < -0.39 is 5.92 Å². The molecule has 1 amide bonds. The predicted molar refractivity (Wildman–Crippen MR) is 79.5 cm³/mol. The average molecular weight is 271 g/mol. The van der Waals surface area contributed by atoms with Gasteiger partial charge in [-0.2, -0.15) is 5.26 Å². The molecule has 0 radical (unpaired) electrons. The zero-order chi connectivity index (χ0) is 14.7. The summed E-state index contributed by atoms with van der Waals surface area (Å²) in [7, 11) is 0. The van der Waals surface area contributed by atoms with E-state index in [2.05, 4.69) is 36.9 Å². The summed E-state index contributed by atoms with van der Waals surface area (Å²) in [5, 5.41) is 8.82. The Balaban J connectivity index is 2.03. The number of amides is 1. The van der Waals surface area contributed by atoms with E-state index in [0.717, 1.165) is 13.1 Å². The van der Waals surface area contributed by atoms with Gasteiger partial charge in [0, 0.05) is 31.9 Å². The highest BCUT2D eigenvalue weighted by atomic mass is 16.2. The molecule has 0 N–H and O–H groups in total. The van der Waals surface area contributed by atoms with Gasteiger partial charge in [0.15, 0.2) is 0 Å². The topological polar surface area (TPSA) is 47.3 Å². The molecule has 1 atom stereocenters. The van der Waals surface area contributed by atoms with Gasteiger partial charge in [0.2, 0.25) is 5.91 Å². The quantitative estimate of drug-likeness (QED) is 0.827. The number of hydrogen-bond acceptors (Lipinski definition) is 3. The molecule has 1 aliphatic heterocycles. The van der Waals surface area contributed by atoms with Crippen molar-refractivity contribution in [2.45, 2.75) is 20.8 Å². The fraction of sp³-hybridized carbons (Fsp3) is 0.500. The average Bonchev–Trinajstić information content (AvgIpc) is 2.48. The fourth-order valence-corrected chi connectivity index (χ4v) is 2.58. The highest BCUT2D eigenvalue weighted by molar-refractivity contribution is 5.81. The molecule has 1 saturated heterocycles. The van der Waals surface area contributed by atoms with Gasteiger partial charge in [-0.15, -0.1) is 0 Å². The van der Waals surface area contributed by atoms with Gasteiger partial charge in [-0.05, 0) is 38.0 Å². The Morgan fingerprint density at radius 1 is 1.25 bits per heavy atom. The molecular formula is C16H21N3O. The monoisotopic (exact) mass is 271 g/mol. The van der Waals surface area contributed by atoms with Gasteiger partial charge >= 0.3 is 0 Å². The van der Waals surface area contributed by atoms with Crippen LogP contribution in [0.1, 0.15) is 18.1 Å². The van der Waals surface area contributed by atoms with E-state index in [0.29, 0.717) is 13.1 Å². The lowest BCUT2D eigenvalue weighted by molar-refractivity contribution is -0.133. The van der Waals surface area contributed by atoms with Crippen LogP contribution in [-0.2, 0) is 4.79 Å². The normalized spacial score (nSPS) is 16.7. The Morgan fingerprint density at radius 3 is 2.50 bits per heavy atom. The van der Waals surface area contributed by atoms with Crippen LogP contribution >= 0.6 is 0 Å². The van der Waals surface area contributed by atoms with E-state index in [-0.39, 0.29) is 5.91 Å². The molecule has 0 spiro atoms. The number of nitriles is 1. The summed E-state index contributed by atoms with van der Waals surface area (Å²) in [5.74, 6) is -0.588. The summed E-state index contributed by atoms with van der Waals surface area (Å²) < 4.78 is 0. The predicted octanol–water partition coefficient (Wildman–Crippen LogP) is 2.11. The SMILES string of the molecule is Cc1cccc(N2CCN(C(=O)C(C)C#N)CC2)c1C. The van der Waals surface area contributed by atoms with E-state index in [4.69, 9.17) is 5.26 Å². The molecule has 0 bridgehead atoms. The van der Waals surface area contributed by atoms with Crippen molar-refractivity contribution >= 4 is 11.6 Å². The van der Waals surface area contributed by atoms with Crippen LogP contribution < -0.4 is 4.90 Å². The van der Waals surface area contributed by atoms with Crippen molar-refractivity contribution in [1.29, 1.82) is 5.26 Å². The van der Waals surface area contributed by atoms with Gasteiger partial charge in [0.05, 0.1) is 6.07 Å². The van der Waals surface area contributed by atoms with Gasteiger partial charge in [-0.3, -0.25) is 4.79 Å². The number of benzene rings is 1. The molecule has 20 heavy (non-hydrogen) atoms. The maximum absolute atomic E-state index is 12.0. The lowest BCUT2D eigenvalue weighted by Gasteiger charge is -2.37. The van der Waals surface area contributed by atoms with Gasteiger partial charge in [-0.25, -0.2) is 0 Å². The summed E-state index contributed by atoms with van der Waals surface area (Å²) in [4.78, 5) is 16.1. The molecule has 106 valence electrons. The van der Waals surface area contributed by atoms with Crippen molar-refractivity contribution in [2.24, 2.45) is 5.92 Å². The van der Waals surface area contributed by atoms with Crippen molar-refractivity contribution in [2.75, 3.05) is 31.1 Å². The van der Waals surface area contributed by atoms with Crippen LogP contribution in [0.2, 0.25) is 0 Å². The molecule has 2 rings (SSSR count). The number of nitrogens with zero attached hydrogens (tertiary/aromatic N) is 3. The van der Waals surface area contributed by atoms with Crippen LogP contribution in [0, 0.1) is 31.1 Å². The first kappa shape index (κ1) is 14.4. The Bertz CT molecular complexity index is 539. The van der Waals surface area contributed by atoms with Crippen molar-refractivity contribution < 1.29 is 4.79 Å². The van der Waals surface area contributed by atoms with Crippen molar-refractivity contribution in [3.63, 3.8) is 0 Å². The van der Waals surface area contributed by atoms with Crippen LogP contribution in [0.15, 0.2) is 18.2 Å². The zero-order valence-corrected chi connectivity index (χ0v) is 12.4. The number of hydrogen-bond donors (Lipinski definition) is 0. The molecule has 1 aliphatic rings. The van der Waals surface area contributed by atoms with Crippen molar-refractivity contribution in [3.05, 3.63) is 29.3 Å². The Labute approximate surface area is 120 Å². The van der Waals surface area contributed by atoms with E-state index in [1.165, 1.54) is 16.8 Å². The molecule has 1 aromatic rings. The number of carbonyl (C=O) groups excluding carboxylic acids is 1. The Hall–Kier alpha value is -2.02. The van der Waals surface area contributed by atoms with Crippen molar-refractivity contribution in [3.8, 4) is 6.07 Å². The van der Waals surface area contributed by atoms with Crippen LogP contribution in [0.25, 0.3) is 0 Å². The summed E-state index contributed by atoms with van der Waals surface area (Å²) in [6.07, 6.45) is 0. The van der Waals surface area contributed by atoms with Gasteiger partial charge < -0.3 is 9.80 Å². The van der Waals surface area contributed by atoms with Gasteiger partial charge in [-0.1, -0.05) is 12.1 Å². The second kappa shape index (κ2) is 5.96. The summed E-state index contributed by atoms with van der Waals surface area (Å²) in [6, 6.07) is 8.35. The number of rotatable bonds is 2. The van der Waals surface area contributed by atoms with E-state index >= 15 is 0 Å². The largest absolute Gasteiger partial charge is 0.368 e. The van der Waals surface area contributed by atoms with Gasteiger partial charge in [0.25, 0.3) is 0 Å². The van der Waals surface area contributed by atoms with Crippen molar-refractivity contribution in [1.82, 2.24) is 4.90 Å². The van der Waals surface area contributed by atoms with Gasteiger partial charge in [0.1, 0.15) is 5.92 Å². The summed E-state index contributed by atoms with van der Waals surface area (Å²) in [6.45, 7) is 8.96. The molecule has 1 fully saturated rings. The molecule has 4 nitrogen and oxygen atoms in total. The van der Waals surface area contributed by atoms with E-state index in [1.807, 2.05) is 6.07 Å². The molecule has 0 aliphatic carbocycles. The Morgan fingerprint density at radius 2 is 1.90 bits per heavy atom. The zero-order valence-electron chi connectivity index (χ0n) is 12.4. The lowest BCUT2D eigenvalue weighted by Crippen LogP contribution is -2.50. The first-order chi connectivity index (χ1) is 9.54. The Kier molecular flexibility index (Phi) is 4.29. The number of anilines is 1. The van der Waals surface area contributed by atoms with Crippen LogP contribution in [0.3, 0.4) is 0 Å². The highest BCUT2D eigenvalue weighted by Crippen LogP contribution is 2.24. The van der Waals surface area contributed by atoms with E-state index in [1.54, 1.807) is 11.8 Å². The summed E-state index contributed by atoms with van der Waals surface area (Å²) in [5.41, 5.74) is 3.85. The minimum atomic E-state index is -0.540. The van der Waals surface area contributed by atoms with E-state index in [9.17, 15) is 4.79 Å². The number of aryl methyl sites for hydroxylation is 1. The van der Waals surface area contributed by atoms with Crippen LogP contribution in [-0.4, -0.2) is 37.0 Å². The molecule has 1 unspecified atom stereocenters. The van der Waals surface area contributed by atoms with Crippen LogP contribution in [0.5, 0.6) is 0 Å². The molecule has 1 heterocycles. The number of carbonyl (C=O) groups is 1. The third-order valence-corrected chi connectivity index (χ3v) is 4.07. The number of piperazine rings is 1. The first-order valence-corrected chi connectivity index (χ1v) is 7.04. The highest BCUT2D eigenvalue weighted by Gasteiger charge is 2.25. The second-order valence-electron chi connectivity index (χ2n) is 5.38. The molecule has 4 heteroatoms. The standard InChI is InChI=1S/C16H21N3O/c1-12-5-4-6-15(14(12)3)18-7-9-19(10-8-18)16(20)13(2)11-17/h4-6,13H,7-10H2,1-3H3. The molecule has 0 saturated carbocycles. The maximum atomic E-state index is 12.0. The minimum Gasteiger partial charge on any atom is -0.368 e. The fourth-order valence-electron chi connectivity index (χ4n) is 2.58. The smallest absolute Gasteiger partial charge is 0.239 e. The third kappa shape index (κ3) is 2.77. The minimum absolute atomic E-state index is 0.0480. The molecule has 1 aromatic carbocycles. The third-order valence-electron chi connectivity index (χ3n) is 4.07. The lowest BCUT2D eigenvalue weighted by atomic mass is 10.1.